The van der Waals surface area contributed by atoms with Gasteiger partial charge in [-0.25, -0.2) is 4.79 Å². The highest BCUT2D eigenvalue weighted by molar-refractivity contribution is 5.69. The van der Waals surface area contributed by atoms with Gasteiger partial charge in [0.2, 0.25) is 0 Å². The topological polar surface area (TPSA) is 55.6 Å². The maximum atomic E-state index is 12.1. The normalized spacial score (nSPS) is 23.9. The summed E-state index contributed by atoms with van der Waals surface area (Å²) < 4.78 is 5.44. The lowest BCUT2D eigenvalue weighted by Crippen LogP contribution is -2.45. The summed E-state index contributed by atoms with van der Waals surface area (Å²) >= 11 is 0. The number of carbonyl (C=O) groups is 1. The minimum atomic E-state index is -0.431. The Hall–Kier alpha value is -0.770. The fourth-order valence-corrected chi connectivity index (χ4v) is 2.45. The molecular weight excluding hydrogens is 216 g/mol. The fraction of sp³-hybridized carbons (Fsp3) is 0.923. The second-order valence-electron chi connectivity index (χ2n) is 6.55. The van der Waals surface area contributed by atoms with Gasteiger partial charge in [-0.05, 0) is 59.9 Å². The lowest BCUT2D eigenvalue weighted by Gasteiger charge is -2.33. The Bertz CT molecular complexity index is 282. The van der Waals surface area contributed by atoms with Gasteiger partial charge in [0.1, 0.15) is 5.60 Å². The van der Waals surface area contributed by atoms with E-state index in [0.29, 0.717) is 12.5 Å². The molecule has 1 amide bonds. The van der Waals surface area contributed by atoms with Crippen LogP contribution in [0, 0.1) is 5.92 Å². The van der Waals surface area contributed by atoms with Crippen molar-refractivity contribution in [3.63, 3.8) is 0 Å². The number of nitrogens with zero attached hydrogens (tertiary/aromatic N) is 1. The molecule has 1 rings (SSSR count). The van der Waals surface area contributed by atoms with Crippen LogP contribution in [0.5, 0.6) is 0 Å². The predicted molar refractivity (Wildman–Crippen MR) is 68.8 cm³/mol. The van der Waals surface area contributed by atoms with Gasteiger partial charge < -0.3 is 15.4 Å². The number of rotatable bonds is 2. The lowest BCUT2D eigenvalue weighted by atomic mass is 9.94. The van der Waals surface area contributed by atoms with Gasteiger partial charge >= 0.3 is 6.09 Å². The average molecular weight is 242 g/mol. The zero-order valence-electron chi connectivity index (χ0n) is 11.7. The van der Waals surface area contributed by atoms with Crippen molar-refractivity contribution in [3.8, 4) is 0 Å². The van der Waals surface area contributed by atoms with E-state index in [1.54, 1.807) is 0 Å². The van der Waals surface area contributed by atoms with Gasteiger partial charge in [-0.2, -0.15) is 0 Å². The van der Waals surface area contributed by atoms with E-state index >= 15 is 0 Å². The minimum absolute atomic E-state index is 0.123. The van der Waals surface area contributed by atoms with Crippen LogP contribution in [0.3, 0.4) is 0 Å². The summed E-state index contributed by atoms with van der Waals surface area (Å²) in [5.74, 6) is 0.502. The molecule has 4 heteroatoms. The molecule has 0 aromatic carbocycles. The van der Waals surface area contributed by atoms with Crippen LogP contribution in [0.1, 0.15) is 47.5 Å². The third-order valence-corrected chi connectivity index (χ3v) is 3.15. The molecule has 0 radical (unpaired) electrons. The van der Waals surface area contributed by atoms with Crippen molar-refractivity contribution in [3.05, 3.63) is 0 Å². The first kappa shape index (κ1) is 14.3. The molecule has 0 spiro atoms. The highest BCUT2D eigenvalue weighted by Crippen LogP contribution is 2.35. The number of amides is 1. The summed E-state index contributed by atoms with van der Waals surface area (Å²) in [6.07, 6.45) is 1.77. The second-order valence-corrected chi connectivity index (χ2v) is 6.55. The Morgan fingerprint density at radius 2 is 2.06 bits per heavy atom. The predicted octanol–water partition coefficient (Wildman–Crippen LogP) is 2.37. The van der Waals surface area contributed by atoms with E-state index in [9.17, 15) is 4.79 Å². The molecule has 0 aliphatic carbocycles. The molecule has 2 N–H and O–H groups in total. The Balaban J connectivity index is 2.67. The minimum Gasteiger partial charge on any atom is -0.444 e. The van der Waals surface area contributed by atoms with Crippen LogP contribution in [0.2, 0.25) is 0 Å². The molecule has 1 unspecified atom stereocenters. The van der Waals surface area contributed by atoms with Crippen molar-refractivity contribution in [2.24, 2.45) is 11.7 Å². The number of likely N-dealkylation sites (tertiary alicyclic amines) is 1. The van der Waals surface area contributed by atoms with E-state index in [-0.39, 0.29) is 11.6 Å². The Labute approximate surface area is 104 Å². The van der Waals surface area contributed by atoms with E-state index < -0.39 is 5.60 Å². The molecule has 1 aliphatic rings. The largest absolute Gasteiger partial charge is 0.444 e. The molecular formula is C13H26N2O2. The maximum Gasteiger partial charge on any atom is 0.410 e. The molecule has 1 atom stereocenters. The monoisotopic (exact) mass is 242 g/mol. The number of hydrogen-bond acceptors (Lipinski definition) is 3. The summed E-state index contributed by atoms with van der Waals surface area (Å²) in [5.41, 5.74) is 5.03. The van der Waals surface area contributed by atoms with Gasteiger partial charge in [0, 0.05) is 12.1 Å². The van der Waals surface area contributed by atoms with Crippen LogP contribution >= 0.6 is 0 Å². The maximum absolute atomic E-state index is 12.1. The molecule has 1 fully saturated rings. The molecule has 100 valence electrons. The standard InChI is InChI=1S/C13H26N2O2/c1-12(2,3)17-11(16)15-9-10(6-7-14)8-13(15,4)5/h10H,6-9,14H2,1-5H3. The van der Waals surface area contributed by atoms with Crippen molar-refractivity contribution in [2.75, 3.05) is 13.1 Å². The zero-order chi connectivity index (χ0) is 13.3. The zero-order valence-corrected chi connectivity index (χ0v) is 11.7. The first-order chi connectivity index (χ1) is 7.65. The molecule has 1 aliphatic heterocycles. The van der Waals surface area contributed by atoms with Crippen LogP contribution in [-0.4, -0.2) is 35.2 Å². The lowest BCUT2D eigenvalue weighted by molar-refractivity contribution is 0.0131. The number of hydrogen-bond donors (Lipinski definition) is 1. The third kappa shape index (κ3) is 3.87. The highest BCUT2D eigenvalue weighted by Gasteiger charge is 2.42. The van der Waals surface area contributed by atoms with Gasteiger partial charge in [0.05, 0.1) is 0 Å². The van der Waals surface area contributed by atoms with E-state index in [1.807, 2.05) is 25.7 Å². The molecule has 0 aromatic heterocycles. The molecule has 0 bridgehead atoms. The Morgan fingerprint density at radius 3 is 2.53 bits per heavy atom. The van der Waals surface area contributed by atoms with Crippen LogP contribution in [0.4, 0.5) is 4.79 Å². The molecule has 0 saturated carbocycles. The second kappa shape index (κ2) is 4.84. The van der Waals surface area contributed by atoms with Crippen molar-refractivity contribution in [2.45, 2.75) is 58.6 Å². The molecule has 1 heterocycles. The molecule has 1 saturated heterocycles. The molecule has 4 nitrogen and oxygen atoms in total. The van der Waals surface area contributed by atoms with Crippen LogP contribution in [0.25, 0.3) is 0 Å². The van der Waals surface area contributed by atoms with Crippen molar-refractivity contribution < 1.29 is 9.53 Å². The highest BCUT2D eigenvalue weighted by atomic mass is 16.6. The quantitative estimate of drug-likeness (QED) is 0.808. The summed E-state index contributed by atoms with van der Waals surface area (Å²) in [4.78, 5) is 13.9. The summed E-state index contributed by atoms with van der Waals surface area (Å²) in [6.45, 7) is 11.3. The van der Waals surface area contributed by atoms with Crippen LogP contribution < -0.4 is 5.73 Å². The fourth-order valence-electron chi connectivity index (χ4n) is 2.45. The van der Waals surface area contributed by atoms with Crippen molar-refractivity contribution in [1.82, 2.24) is 4.90 Å². The van der Waals surface area contributed by atoms with Crippen molar-refractivity contribution in [1.29, 1.82) is 0 Å². The molecule has 17 heavy (non-hydrogen) atoms. The van der Waals surface area contributed by atoms with Gasteiger partial charge in [0.15, 0.2) is 0 Å². The van der Waals surface area contributed by atoms with Crippen molar-refractivity contribution >= 4 is 6.09 Å². The van der Waals surface area contributed by atoms with Gasteiger partial charge in [0.25, 0.3) is 0 Å². The van der Waals surface area contributed by atoms with Crippen LogP contribution in [-0.2, 0) is 4.74 Å². The van der Waals surface area contributed by atoms with E-state index in [4.69, 9.17) is 10.5 Å². The van der Waals surface area contributed by atoms with E-state index in [1.165, 1.54) is 0 Å². The number of ether oxygens (including phenoxy) is 1. The smallest absolute Gasteiger partial charge is 0.410 e. The Kier molecular flexibility index (Phi) is 4.07. The molecule has 0 aromatic rings. The first-order valence-electron chi connectivity index (χ1n) is 6.36. The SMILES string of the molecule is CC(C)(C)OC(=O)N1CC(CCN)CC1(C)C. The summed E-state index contributed by atoms with van der Waals surface area (Å²) in [6, 6.07) is 0. The van der Waals surface area contributed by atoms with Crippen LogP contribution in [0.15, 0.2) is 0 Å². The third-order valence-electron chi connectivity index (χ3n) is 3.15. The van der Waals surface area contributed by atoms with Gasteiger partial charge in [-0.3, -0.25) is 0 Å². The average Bonchev–Trinajstić information content (AvgIpc) is 2.38. The number of nitrogens with two attached hydrogens (primary N) is 1. The number of carbonyl (C=O) groups excluding carboxylic acids is 1. The summed E-state index contributed by atoms with van der Waals surface area (Å²) in [7, 11) is 0. The van der Waals surface area contributed by atoms with Gasteiger partial charge in [-0.15, -0.1) is 0 Å². The summed E-state index contributed by atoms with van der Waals surface area (Å²) in [5, 5.41) is 0. The van der Waals surface area contributed by atoms with E-state index in [2.05, 4.69) is 13.8 Å². The first-order valence-corrected chi connectivity index (χ1v) is 6.36. The van der Waals surface area contributed by atoms with Gasteiger partial charge in [-0.1, -0.05) is 0 Å². The Morgan fingerprint density at radius 1 is 1.47 bits per heavy atom. The van der Waals surface area contributed by atoms with E-state index in [0.717, 1.165) is 19.4 Å².